The van der Waals surface area contributed by atoms with Gasteiger partial charge in [0.2, 0.25) is 0 Å². The summed E-state index contributed by atoms with van der Waals surface area (Å²) < 4.78 is 6.63. The predicted octanol–water partition coefficient (Wildman–Crippen LogP) is 4.91. The summed E-state index contributed by atoms with van der Waals surface area (Å²) >= 11 is 9.39. The van der Waals surface area contributed by atoms with Crippen LogP contribution in [0.3, 0.4) is 0 Å². The molecule has 0 radical (unpaired) electrons. The standard InChI is InChI=1S/C14H13BrClNO/c1-9(17)10-5-6-14(13(15)7-10)18-12-4-2-3-11(16)8-12/h2-9H,17H2,1H3. The number of hydrogen-bond acceptors (Lipinski definition) is 2. The van der Waals surface area contributed by atoms with E-state index < -0.39 is 0 Å². The highest BCUT2D eigenvalue weighted by Gasteiger charge is 2.06. The third kappa shape index (κ3) is 3.25. The topological polar surface area (TPSA) is 35.2 Å². The summed E-state index contributed by atoms with van der Waals surface area (Å²) in [7, 11) is 0. The summed E-state index contributed by atoms with van der Waals surface area (Å²) in [4.78, 5) is 0. The highest BCUT2D eigenvalue weighted by Crippen LogP contribution is 2.32. The van der Waals surface area contributed by atoms with Crippen molar-refractivity contribution in [3.8, 4) is 11.5 Å². The van der Waals surface area contributed by atoms with E-state index in [1.807, 2.05) is 43.3 Å². The Balaban J connectivity index is 2.24. The Morgan fingerprint density at radius 3 is 2.61 bits per heavy atom. The average molecular weight is 327 g/mol. The quantitative estimate of drug-likeness (QED) is 0.869. The van der Waals surface area contributed by atoms with Gasteiger partial charge >= 0.3 is 0 Å². The van der Waals surface area contributed by atoms with E-state index in [9.17, 15) is 0 Å². The smallest absolute Gasteiger partial charge is 0.141 e. The molecule has 0 aliphatic heterocycles. The molecule has 0 spiro atoms. The van der Waals surface area contributed by atoms with Crippen molar-refractivity contribution in [1.82, 2.24) is 0 Å². The summed E-state index contributed by atoms with van der Waals surface area (Å²) in [5, 5.41) is 0.649. The molecule has 1 unspecified atom stereocenters. The average Bonchev–Trinajstić information content (AvgIpc) is 2.31. The molecule has 1 atom stereocenters. The second-order valence-electron chi connectivity index (χ2n) is 4.04. The zero-order valence-corrected chi connectivity index (χ0v) is 12.2. The van der Waals surface area contributed by atoms with Crippen LogP contribution in [0.2, 0.25) is 5.02 Å². The number of halogens is 2. The van der Waals surface area contributed by atoms with E-state index in [1.54, 1.807) is 6.07 Å². The zero-order chi connectivity index (χ0) is 13.1. The molecule has 2 nitrogen and oxygen atoms in total. The first-order valence-corrected chi connectivity index (χ1v) is 6.72. The third-order valence-corrected chi connectivity index (χ3v) is 3.36. The molecule has 0 saturated carbocycles. The van der Waals surface area contributed by atoms with Crippen molar-refractivity contribution in [2.75, 3.05) is 0 Å². The van der Waals surface area contributed by atoms with Crippen LogP contribution < -0.4 is 10.5 Å². The molecule has 0 amide bonds. The molecular weight excluding hydrogens is 314 g/mol. The molecule has 0 bridgehead atoms. The van der Waals surface area contributed by atoms with Crippen LogP contribution in [0.15, 0.2) is 46.9 Å². The molecular formula is C14H13BrClNO. The van der Waals surface area contributed by atoms with Crippen molar-refractivity contribution in [3.05, 3.63) is 57.5 Å². The molecule has 0 fully saturated rings. The maximum Gasteiger partial charge on any atom is 0.141 e. The van der Waals surface area contributed by atoms with Gasteiger partial charge in [0.1, 0.15) is 11.5 Å². The molecule has 2 N–H and O–H groups in total. The fraction of sp³-hybridized carbons (Fsp3) is 0.143. The van der Waals surface area contributed by atoms with Gasteiger partial charge in [-0.2, -0.15) is 0 Å². The van der Waals surface area contributed by atoms with Gasteiger partial charge in [-0.05, 0) is 58.7 Å². The van der Waals surface area contributed by atoms with Gasteiger partial charge in [0, 0.05) is 11.1 Å². The summed E-state index contributed by atoms with van der Waals surface area (Å²) in [6.45, 7) is 1.94. The van der Waals surface area contributed by atoms with E-state index in [2.05, 4.69) is 15.9 Å². The summed E-state index contributed by atoms with van der Waals surface area (Å²) in [5.74, 6) is 1.44. The summed E-state index contributed by atoms with van der Waals surface area (Å²) in [5.41, 5.74) is 6.88. The van der Waals surface area contributed by atoms with E-state index in [0.29, 0.717) is 10.8 Å². The number of rotatable bonds is 3. The lowest BCUT2D eigenvalue weighted by Gasteiger charge is -2.11. The lowest BCUT2D eigenvalue weighted by Crippen LogP contribution is -2.04. The Bertz CT molecular complexity index is 557. The Kier molecular flexibility index (Phi) is 4.27. The highest BCUT2D eigenvalue weighted by molar-refractivity contribution is 9.10. The van der Waals surface area contributed by atoms with E-state index in [0.717, 1.165) is 15.8 Å². The van der Waals surface area contributed by atoms with Crippen LogP contribution in [0.5, 0.6) is 11.5 Å². The van der Waals surface area contributed by atoms with Crippen molar-refractivity contribution in [1.29, 1.82) is 0 Å². The number of nitrogens with two attached hydrogens (primary N) is 1. The first-order valence-electron chi connectivity index (χ1n) is 5.54. The number of ether oxygens (including phenoxy) is 1. The molecule has 0 aliphatic rings. The molecule has 0 aliphatic carbocycles. The van der Waals surface area contributed by atoms with Crippen molar-refractivity contribution in [2.24, 2.45) is 5.73 Å². The normalized spacial score (nSPS) is 12.2. The summed E-state index contributed by atoms with van der Waals surface area (Å²) in [6, 6.07) is 13.1. The second kappa shape index (κ2) is 5.74. The first kappa shape index (κ1) is 13.4. The molecule has 0 aromatic heterocycles. The third-order valence-electron chi connectivity index (χ3n) is 2.51. The lowest BCUT2D eigenvalue weighted by atomic mass is 10.1. The number of hydrogen-bond donors (Lipinski definition) is 1. The van der Waals surface area contributed by atoms with Crippen LogP contribution in [0.25, 0.3) is 0 Å². The van der Waals surface area contributed by atoms with Crippen LogP contribution in [-0.4, -0.2) is 0 Å². The Morgan fingerprint density at radius 2 is 2.00 bits per heavy atom. The minimum atomic E-state index is 0.00141. The van der Waals surface area contributed by atoms with E-state index in [4.69, 9.17) is 22.1 Å². The lowest BCUT2D eigenvalue weighted by molar-refractivity contribution is 0.479. The Labute approximate surface area is 120 Å². The van der Waals surface area contributed by atoms with Crippen molar-refractivity contribution < 1.29 is 4.74 Å². The second-order valence-corrected chi connectivity index (χ2v) is 5.33. The fourth-order valence-corrected chi connectivity index (χ4v) is 2.20. The largest absolute Gasteiger partial charge is 0.456 e. The minimum absolute atomic E-state index is 0.00141. The maximum atomic E-state index is 5.91. The van der Waals surface area contributed by atoms with E-state index >= 15 is 0 Å². The Morgan fingerprint density at radius 1 is 1.22 bits per heavy atom. The van der Waals surface area contributed by atoms with Gasteiger partial charge in [0.25, 0.3) is 0 Å². The Hall–Kier alpha value is -1.03. The molecule has 0 saturated heterocycles. The van der Waals surface area contributed by atoms with Crippen molar-refractivity contribution in [2.45, 2.75) is 13.0 Å². The van der Waals surface area contributed by atoms with E-state index in [1.165, 1.54) is 0 Å². The molecule has 94 valence electrons. The van der Waals surface area contributed by atoms with Crippen LogP contribution in [0.1, 0.15) is 18.5 Å². The van der Waals surface area contributed by atoms with Crippen LogP contribution in [0, 0.1) is 0 Å². The fourth-order valence-electron chi connectivity index (χ4n) is 1.54. The van der Waals surface area contributed by atoms with Crippen LogP contribution >= 0.6 is 27.5 Å². The minimum Gasteiger partial charge on any atom is -0.456 e. The van der Waals surface area contributed by atoms with Gasteiger partial charge in [0.05, 0.1) is 4.47 Å². The molecule has 2 aromatic rings. The predicted molar refractivity (Wildman–Crippen MR) is 78.3 cm³/mol. The molecule has 2 rings (SSSR count). The van der Waals surface area contributed by atoms with Crippen LogP contribution in [0.4, 0.5) is 0 Å². The van der Waals surface area contributed by atoms with Gasteiger partial charge in [0.15, 0.2) is 0 Å². The monoisotopic (exact) mass is 325 g/mol. The van der Waals surface area contributed by atoms with Crippen LogP contribution in [-0.2, 0) is 0 Å². The van der Waals surface area contributed by atoms with Gasteiger partial charge in [-0.15, -0.1) is 0 Å². The SMILES string of the molecule is CC(N)c1ccc(Oc2cccc(Cl)c2)c(Br)c1. The van der Waals surface area contributed by atoms with Gasteiger partial charge in [-0.25, -0.2) is 0 Å². The van der Waals surface area contributed by atoms with Crippen molar-refractivity contribution in [3.63, 3.8) is 0 Å². The molecule has 0 heterocycles. The zero-order valence-electron chi connectivity index (χ0n) is 9.86. The molecule has 18 heavy (non-hydrogen) atoms. The van der Waals surface area contributed by atoms with Crippen molar-refractivity contribution >= 4 is 27.5 Å². The van der Waals surface area contributed by atoms with Gasteiger partial charge < -0.3 is 10.5 Å². The summed E-state index contributed by atoms with van der Waals surface area (Å²) in [6.07, 6.45) is 0. The maximum absolute atomic E-state index is 5.91. The van der Waals surface area contributed by atoms with Gasteiger partial charge in [-0.3, -0.25) is 0 Å². The molecule has 2 aromatic carbocycles. The first-order chi connectivity index (χ1) is 8.56. The highest BCUT2D eigenvalue weighted by atomic mass is 79.9. The number of benzene rings is 2. The van der Waals surface area contributed by atoms with Gasteiger partial charge in [-0.1, -0.05) is 23.7 Å². The molecule has 4 heteroatoms. The van der Waals surface area contributed by atoms with E-state index in [-0.39, 0.29) is 6.04 Å².